The molecule has 1 aromatic heterocycles. The minimum absolute atomic E-state index is 0.198. The Hall–Kier alpha value is -1.97. The molecule has 0 aliphatic heterocycles. The quantitative estimate of drug-likeness (QED) is 0.745. The van der Waals surface area contributed by atoms with Crippen molar-refractivity contribution in [1.29, 1.82) is 0 Å². The third-order valence-corrected chi connectivity index (χ3v) is 3.37. The van der Waals surface area contributed by atoms with Crippen molar-refractivity contribution in [3.8, 4) is 0 Å². The lowest BCUT2D eigenvalue weighted by molar-refractivity contribution is -0.137. The van der Waals surface area contributed by atoms with Crippen LogP contribution >= 0.6 is 22.6 Å². The lowest BCUT2D eigenvalue weighted by Crippen LogP contribution is -2.23. The van der Waals surface area contributed by atoms with Crippen LogP contribution in [0.1, 0.15) is 16.1 Å². The summed E-state index contributed by atoms with van der Waals surface area (Å²) in [4.78, 5) is 22.5. The van der Waals surface area contributed by atoms with Crippen LogP contribution in [0.5, 0.6) is 0 Å². The number of nitrogens with one attached hydrogen (secondary N) is 1. The molecule has 0 atom stereocenters. The number of carbonyl (C=O) groups is 2. The predicted molar refractivity (Wildman–Crippen MR) is 78.0 cm³/mol. The molecule has 0 aliphatic rings. The van der Waals surface area contributed by atoms with Gasteiger partial charge in [-0.05, 0) is 34.7 Å². The molecule has 7 nitrogen and oxygen atoms in total. The molecule has 1 aromatic carbocycles. The van der Waals surface area contributed by atoms with E-state index >= 15 is 0 Å². The number of benzene rings is 1. The Morgan fingerprint density at radius 3 is 2.80 bits per heavy atom. The summed E-state index contributed by atoms with van der Waals surface area (Å²) >= 11 is 2.09. The number of carbonyl (C=O) groups excluding carboxylic acids is 1. The van der Waals surface area contributed by atoms with Crippen molar-refractivity contribution < 1.29 is 14.7 Å². The minimum atomic E-state index is -0.996. The number of hydrogen-bond acceptors (Lipinski definition) is 4. The highest BCUT2D eigenvalue weighted by molar-refractivity contribution is 14.1. The van der Waals surface area contributed by atoms with E-state index in [2.05, 4.69) is 38.2 Å². The van der Waals surface area contributed by atoms with E-state index in [-0.39, 0.29) is 19.0 Å². The predicted octanol–water partition coefficient (Wildman–Crippen LogP) is 0.897. The highest BCUT2D eigenvalue weighted by atomic mass is 127. The van der Waals surface area contributed by atoms with E-state index in [0.717, 1.165) is 3.57 Å². The number of amides is 1. The molecule has 2 rings (SSSR count). The summed E-state index contributed by atoms with van der Waals surface area (Å²) in [5.41, 5.74) is 1.09. The number of rotatable bonds is 5. The molecule has 0 spiro atoms. The standard InChI is InChI=1S/C12H11IN4O3/c13-10-4-2-1-3-9(10)12(20)14-5-8-6-17(16-15-8)7-11(18)19/h1-4,6H,5,7H2,(H,14,20)(H,18,19). The van der Waals surface area contributed by atoms with E-state index in [4.69, 9.17) is 5.11 Å². The second kappa shape index (κ2) is 6.46. The summed E-state index contributed by atoms with van der Waals surface area (Å²) in [6.45, 7) is -0.0546. The van der Waals surface area contributed by atoms with Crippen molar-refractivity contribution in [2.75, 3.05) is 0 Å². The zero-order valence-electron chi connectivity index (χ0n) is 10.3. The molecule has 2 aromatic rings. The fraction of sp³-hybridized carbons (Fsp3) is 0.167. The van der Waals surface area contributed by atoms with Crippen molar-refractivity contribution in [3.05, 3.63) is 45.3 Å². The molecular formula is C12H11IN4O3. The Morgan fingerprint density at radius 1 is 1.35 bits per heavy atom. The molecule has 1 amide bonds. The summed E-state index contributed by atoms with van der Waals surface area (Å²) < 4.78 is 2.06. The van der Waals surface area contributed by atoms with E-state index in [1.165, 1.54) is 10.9 Å². The molecule has 0 saturated carbocycles. The topological polar surface area (TPSA) is 97.1 Å². The average molecular weight is 386 g/mol. The van der Waals surface area contributed by atoms with Crippen LogP contribution in [0.15, 0.2) is 30.5 Å². The molecule has 0 radical (unpaired) electrons. The van der Waals surface area contributed by atoms with Gasteiger partial charge in [0, 0.05) is 3.57 Å². The first kappa shape index (κ1) is 14.4. The molecule has 0 aliphatic carbocycles. The number of carboxylic acid groups (broad SMARTS) is 1. The first-order valence-electron chi connectivity index (χ1n) is 5.70. The van der Waals surface area contributed by atoms with Crippen LogP contribution in [0, 0.1) is 3.57 Å². The maximum absolute atomic E-state index is 12.0. The average Bonchev–Trinajstić information content (AvgIpc) is 2.83. The minimum Gasteiger partial charge on any atom is -0.480 e. The van der Waals surface area contributed by atoms with E-state index in [0.29, 0.717) is 11.3 Å². The molecule has 0 fully saturated rings. The van der Waals surface area contributed by atoms with Crippen molar-refractivity contribution in [3.63, 3.8) is 0 Å². The van der Waals surface area contributed by atoms with E-state index in [1.807, 2.05) is 12.1 Å². The van der Waals surface area contributed by atoms with Gasteiger partial charge in [-0.15, -0.1) is 5.10 Å². The normalized spacial score (nSPS) is 10.2. The molecule has 104 valence electrons. The van der Waals surface area contributed by atoms with Crippen LogP contribution in [0.3, 0.4) is 0 Å². The summed E-state index contributed by atoms with van der Waals surface area (Å²) in [7, 11) is 0. The summed E-state index contributed by atoms with van der Waals surface area (Å²) in [5, 5.41) is 18.8. The van der Waals surface area contributed by atoms with Crippen LogP contribution in [-0.4, -0.2) is 32.0 Å². The van der Waals surface area contributed by atoms with Crippen molar-refractivity contribution in [1.82, 2.24) is 20.3 Å². The molecule has 2 N–H and O–H groups in total. The molecule has 8 heteroatoms. The van der Waals surface area contributed by atoms with Gasteiger partial charge in [-0.1, -0.05) is 17.3 Å². The van der Waals surface area contributed by atoms with Crippen LogP contribution in [-0.2, 0) is 17.9 Å². The van der Waals surface area contributed by atoms with E-state index in [9.17, 15) is 9.59 Å². The van der Waals surface area contributed by atoms with Crippen LogP contribution in [0.2, 0.25) is 0 Å². The Labute approximate surface area is 128 Å². The van der Waals surface area contributed by atoms with Crippen molar-refractivity contribution in [2.45, 2.75) is 13.1 Å². The monoisotopic (exact) mass is 386 g/mol. The first-order valence-corrected chi connectivity index (χ1v) is 6.77. The van der Waals surface area contributed by atoms with Gasteiger partial charge in [0.25, 0.3) is 5.91 Å². The SMILES string of the molecule is O=C(O)Cn1cc(CNC(=O)c2ccccc2I)nn1. The third-order valence-electron chi connectivity index (χ3n) is 2.43. The maximum atomic E-state index is 12.0. The maximum Gasteiger partial charge on any atom is 0.325 e. The van der Waals surface area contributed by atoms with Gasteiger partial charge in [0.1, 0.15) is 12.2 Å². The van der Waals surface area contributed by atoms with Crippen LogP contribution in [0.25, 0.3) is 0 Å². The zero-order chi connectivity index (χ0) is 14.5. The van der Waals surface area contributed by atoms with Crippen LogP contribution in [0.4, 0.5) is 0 Å². The molecule has 0 saturated heterocycles. The molecule has 20 heavy (non-hydrogen) atoms. The second-order valence-electron chi connectivity index (χ2n) is 3.96. The van der Waals surface area contributed by atoms with Crippen molar-refractivity contribution in [2.24, 2.45) is 0 Å². The van der Waals surface area contributed by atoms with Gasteiger partial charge in [-0.3, -0.25) is 9.59 Å². The summed E-state index contributed by atoms with van der Waals surface area (Å²) in [5.74, 6) is -1.20. The molecule has 0 bridgehead atoms. The largest absolute Gasteiger partial charge is 0.480 e. The summed E-state index contributed by atoms with van der Waals surface area (Å²) in [6, 6.07) is 7.23. The van der Waals surface area contributed by atoms with E-state index in [1.54, 1.807) is 12.1 Å². The lowest BCUT2D eigenvalue weighted by Gasteiger charge is -2.04. The van der Waals surface area contributed by atoms with Gasteiger partial charge in [0.05, 0.1) is 18.3 Å². The van der Waals surface area contributed by atoms with Gasteiger partial charge < -0.3 is 10.4 Å². The zero-order valence-corrected chi connectivity index (χ0v) is 12.4. The lowest BCUT2D eigenvalue weighted by atomic mass is 10.2. The van der Waals surface area contributed by atoms with E-state index < -0.39 is 5.97 Å². The number of hydrogen-bond donors (Lipinski definition) is 2. The van der Waals surface area contributed by atoms with Gasteiger partial charge >= 0.3 is 5.97 Å². The van der Waals surface area contributed by atoms with Crippen molar-refractivity contribution >= 4 is 34.5 Å². The summed E-state index contributed by atoms with van der Waals surface area (Å²) in [6.07, 6.45) is 1.49. The number of halogens is 1. The second-order valence-corrected chi connectivity index (χ2v) is 5.13. The van der Waals surface area contributed by atoms with Crippen LogP contribution < -0.4 is 5.32 Å². The first-order chi connectivity index (χ1) is 9.56. The Balaban J connectivity index is 1.95. The highest BCUT2D eigenvalue weighted by Crippen LogP contribution is 2.11. The fourth-order valence-corrected chi connectivity index (χ4v) is 2.18. The van der Waals surface area contributed by atoms with Gasteiger partial charge in [-0.2, -0.15) is 0 Å². The molecular weight excluding hydrogens is 375 g/mol. The Kier molecular flexibility index (Phi) is 4.66. The molecule has 1 heterocycles. The number of aromatic nitrogens is 3. The Bertz CT molecular complexity index is 641. The number of carboxylic acids is 1. The smallest absolute Gasteiger partial charge is 0.325 e. The van der Waals surface area contributed by atoms with Gasteiger partial charge in [0.2, 0.25) is 0 Å². The number of nitrogens with zero attached hydrogens (tertiary/aromatic N) is 3. The Morgan fingerprint density at radius 2 is 2.10 bits per heavy atom. The number of aliphatic carboxylic acids is 1. The highest BCUT2D eigenvalue weighted by Gasteiger charge is 2.10. The fourth-order valence-electron chi connectivity index (χ4n) is 1.55. The van der Waals surface area contributed by atoms with Gasteiger partial charge in [-0.25, -0.2) is 4.68 Å². The van der Waals surface area contributed by atoms with Gasteiger partial charge in [0.15, 0.2) is 0 Å². The molecule has 0 unspecified atom stereocenters. The third kappa shape index (κ3) is 3.76.